The smallest absolute Gasteiger partial charge is 0.419 e. The van der Waals surface area contributed by atoms with Crippen molar-refractivity contribution in [2.24, 2.45) is 4.99 Å². The highest BCUT2D eigenvalue weighted by molar-refractivity contribution is 7.75. The molecule has 17 heteroatoms. The number of nitro groups is 1. The van der Waals surface area contributed by atoms with Gasteiger partial charge in [-0.2, -0.15) is 13.2 Å². The van der Waals surface area contributed by atoms with Gasteiger partial charge >= 0.3 is 12.1 Å². The minimum Gasteiger partial charge on any atom is -0.419 e. The molecule has 1 aliphatic rings. The van der Waals surface area contributed by atoms with Crippen molar-refractivity contribution in [1.82, 2.24) is 10.2 Å². The largest absolute Gasteiger partial charge is 0.431 e. The number of carbonyl (C=O) groups is 2. The van der Waals surface area contributed by atoms with E-state index in [-0.39, 0.29) is 27.0 Å². The maximum atomic E-state index is 13.1. The Labute approximate surface area is 228 Å². The monoisotopic (exact) mass is 593 g/mol. The number of rotatable bonds is 8. The van der Waals surface area contributed by atoms with Crippen molar-refractivity contribution in [2.45, 2.75) is 12.5 Å². The minimum absolute atomic E-state index is 0.121. The predicted molar refractivity (Wildman–Crippen MR) is 134 cm³/mol. The van der Waals surface area contributed by atoms with E-state index in [2.05, 4.69) is 28.5 Å². The van der Waals surface area contributed by atoms with E-state index in [9.17, 15) is 32.9 Å². The Bertz CT molecular complexity index is 1320. The van der Waals surface area contributed by atoms with Gasteiger partial charge in [-0.1, -0.05) is 35.3 Å². The number of hydrogen-bond acceptors (Lipinski definition) is 10. The van der Waals surface area contributed by atoms with Crippen LogP contribution in [0.3, 0.4) is 0 Å². The molecule has 1 heterocycles. The fourth-order valence-corrected chi connectivity index (χ4v) is 3.77. The molecule has 0 radical (unpaired) electrons. The summed E-state index contributed by atoms with van der Waals surface area (Å²) >= 11 is 16.0. The van der Waals surface area contributed by atoms with Crippen molar-refractivity contribution in [3.05, 3.63) is 74.0 Å². The second-order valence-electron chi connectivity index (χ2n) is 7.52. The lowest BCUT2D eigenvalue weighted by molar-refractivity contribution is -0.385. The summed E-state index contributed by atoms with van der Waals surface area (Å²) in [5.74, 6) is -2.47. The lowest BCUT2D eigenvalue weighted by Gasteiger charge is -2.23. The van der Waals surface area contributed by atoms with Crippen LogP contribution in [0.4, 0.5) is 24.5 Å². The number of anilines is 1. The summed E-state index contributed by atoms with van der Waals surface area (Å²) in [5, 5.41) is 15.7. The normalized spacial score (nSPS) is 14.2. The molecule has 2 aromatic rings. The Morgan fingerprint density at radius 1 is 1.24 bits per heavy atom. The fourth-order valence-electron chi connectivity index (χ4n) is 3.10. The van der Waals surface area contributed by atoms with Crippen LogP contribution in [0.5, 0.6) is 5.75 Å². The molecule has 0 fully saturated rings. The summed E-state index contributed by atoms with van der Waals surface area (Å²) in [4.78, 5) is 39.9. The summed E-state index contributed by atoms with van der Waals surface area (Å²) in [6.45, 7) is -0.551. The number of amides is 1. The molecule has 38 heavy (non-hydrogen) atoms. The van der Waals surface area contributed by atoms with E-state index in [1.54, 1.807) is 0 Å². The molecule has 0 aromatic heterocycles. The number of aliphatic imine (C=N–C) groups is 1. The van der Waals surface area contributed by atoms with E-state index in [1.165, 1.54) is 37.4 Å². The molecule has 3 rings (SSSR count). The van der Waals surface area contributed by atoms with Gasteiger partial charge in [0.1, 0.15) is 11.3 Å². The second kappa shape index (κ2) is 11.9. The van der Waals surface area contributed by atoms with Gasteiger partial charge in [0.15, 0.2) is 11.4 Å². The average molecular weight is 594 g/mol. The topological polar surface area (TPSA) is 135 Å². The number of ether oxygens (including phenoxy) is 1. The molecule has 0 saturated carbocycles. The molecule has 1 aliphatic heterocycles. The molecule has 0 saturated heterocycles. The molecular weight excluding hydrogens is 578 g/mol. The molecule has 0 bridgehead atoms. The molecule has 2 aromatic carbocycles. The van der Waals surface area contributed by atoms with E-state index < -0.39 is 53.0 Å². The zero-order chi connectivity index (χ0) is 28.2. The third-order valence-corrected chi connectivity index (χ3v) is 5.51. The molecule has 1 unspecified atom stereocenters. The zero-order valence-electron chi connectivity index (χ0n) is 19.0. The molecule has 202 valence electrons. The molecule has 1 amide bonds. The van der Waals surface area contributed by atoms with Gasteiger partial charge in [-0.15, -0.1) is 0 Å². The molecule has 1 atom stereocenters. The number of benzene rings is 2. The van der Waals surface area contributed by atoms with Crippen molar-refractivity contribution in [2.75, 3.05) is 18.9 Å². The number of nitrogens with zero attached hydrogens (tertiary/aromatic N) is 3. The van der Waals surface area contributed by atoms with Crippen LogP contribution in [0.2, 0.25) is 10.0 Å². The van der Waals surface area contributed by atoms with Crippen molar-refractivity contribution in [3.63, 3.8) is 0 Å². The molecular formula is C21H16Cl2F3N5O6S. The van der Waals surface area contributed by atoms with Crippen molar-refractivity contribution in [1.29, 1.82) is 0 Å². The lowest BCUT2D eigenvalue weighted by atomic mass is 10.1. The van der Waals surface area contributed by atoms with Gasteiger partial charge in [-0.05, 0) is 31.1 Å². The Morgan fingerprint density at radius 2 is 1.87 bits per heavy atom. The first-order chi connectivity index (χ1) is 17.8. The van der Waals surface area contributed by atoms with Gasteiger partial charge in [0.2, 0.25) is 6.35 Å². The van der Waals surface area contributed by atoms with E-state index in [4.69, 9.17) is 32.1 Å². The van der Waals surface area contributed by atoms with E-state index in [0.717, 1.165) is 17.2 Å². The van der Waals surface area contributed by atoms with Crippen LogP contribution < -0.4 is 15.4 Å². The number of hydrogen-bond donors (Lipinski definition) is 3. The van der Waals surface area contributed by atoms with Gasteiger partial charge in [0.25, 0.3) is 11.6 Å². The van der Waals surface area contributed by atoms with E-state index in [0.29, 0.717) is 0 Å². The zero-order valence-corrected chi connectivity index (χ0v) is 21.4. The average Bonchev–Trinajstić information content (AvgIpc) is 2.84. The maximum absolute atomic E-state index is 13.1. The van der Waals surface area contributed by atoms with Crippen LogP contribution in [-0.4, -0.2) is 53.5 Å². The van der Waals surface area contributed by atoms with Crippen molar-refractivity contribution in [3.8, 4) is 5.75 Å². The Kier molecular flexibility index (Phi) is 9.09. The first-order valence-corrected chi connectivity index (χ1v) is 11.3. The first kappa shape index (κ1) is 29.0. The number of esters is 1. The van der Waals surface area contributed by atoms with E-state index >= 15 is 0 Å². The van der Waals surface area contributed by atoms with E-state index in [1.807, 2.05) is 0 Å². The molecule has 2 N–H and O–H groups in total. The third-order valence-electron chi connectivity index (χ3n) is 4.74. The van der Waals surface area contributed by atoms with Crippen LogP contribution in [0.1, 0.15) is 10.4 Å². The van der Waals surface area contributed by atoms with Crippen LogP contribution in [0.25, 0.3) is 0 Å². The van der Waals surface area contributed by atoms with Gasteiger partial charge in [0, 0.05) is 25.0 Å². The fraction of sp³-hybridized carbons (Fsp3) is 0.190. The third kappa shape index (κ3) is 7.06. The van der Waals surface area contributed by atoms with Crippen molar-refractivity contribution >= 4 is 65.1 Å². The number of carbonyl (C=O) groups excluding carboxylic acids is 2. The predicted octanol–water partition coefficient (Wildman–Crippen LogP) is 4.58. The summed E-state index contributed by atoms with van der Waals surface area (Å²) in [6.07, 6.45) is -5.02. The van der Waals surface area contributed by atoms with Gasteiger partial charge < -0.3 is 20.3 Å². The highest BCUT2D eigenvalue weighted by atomic mass is 35.5. The first-order valence-electron chi connectivity index (χ1n) is 10.2. The Hall–Kier alpha value is -3.53. The number of para-hydroxylation sites is 1. The highest BCUT2D eigenvalue weighted by Crippen LogP contribution is 2.37. The number of nitro benzene ring substituents is 1. The standard InChI is InChI=1S/C21H16Cl2F3N5O6S/c1-30-8-14(28-16(9-30)21(24,25)26)19(33)36-17-12(22)6-10(7-13(17)23)27-20(37-38)29-18(32)11-4-2-3-5-15(11)31(34)35/h2-8,20,27,38H,9H2,1H3,(H,29,32). The van der Waals surface area contributed by atoms with Crippen LogP contribution in [0.15, 0.2) is 53.3 Å². The number of halogens is 5. The lowest BCUT2D eigenvalue weighted by Crippen LogP contribution is -2.41. The minimum atomic E-state index is -4.75. The second-order valence-corrected chi connectivity index (χ2v) is 8.55. The summed E-state index contributed by atoms with van der Waals surface area (Å²) < 4.78 is 49.1. The summed E-state index contributed by atoms with van der Waals surface area (Å²) in [7, 11) is 1.32. The quantitative estimate of drug-likeness (QED) is 0.0769. The molecule has 0 spiro atoms. The summed E-state index contributed by atoms with van der Waals surface area (Å²) in [6, 6.07) is 7.62. The van der Waals surface area contributed by atoms with Crippen LogP contribution >= 0.6 is 36.1 Å². The number of thiol groups is 1. The maximum Gasteiger partial charge on any atom is 0.431 e. The van der Waals surface area contributed by atoms with Gasteiger partial charge in [0.05, 0.1) is 21.5 Å². The van der Waals surface area contributed by atoms with Crippen molar-refractivity contribution < 1.29 is 36.6 Å². The highest BCUT2D eigenvalue weighted by Gasteiger charge is 2.38. The Balaban J connectivity index is 1.75. The molecule has 0 aliphatic carbocycles. The summed E-state index contributed by atoms with van der Waals surface area (Å²) in [5.41, 5.74) is -2.37. The number of nitrogens with one attached hydrogen (secondary N) is 2. The Morgan fingerprint density at radius 3 is 2.45 bits per heavy atom. The van der Waals surface area contributed by atoms with Gasteiger partial charge in [-0.25, -0.2) is 9.79 Å². The molecule has 11 nitrogen and oxygen atoms in total. The SMILES string of the molecule is CN1C=C(C(=O)Oc2c(Cl)cc(NC(NC(=O)c3ccccc3[N+](=O)[O-])OS)cc2Cl)N=C(C(F)(F)F)C1. The van der Waals surface area contributed by atoms with Gasteiger partial charge in [-0.3, -0.25) is 19.1 Å². The van der Waals surface area contributed by atoms with Crippen LogP contribution in [0, 0.1) is 10.1 Å². The number of alkyl halides is 3. The van der Waals surface area contributed by atoms with Crippen LogP contribution in [-0.2, 0) is 8.98 Å².